The number of carbonyl (C=O) groups is 1. The van der Waals surface area contributed by atoms with Crippen LogP contribution in [-0.4, -0.2) is 36.5 Å². The van der Waals surface area contributed by atoms with E-state index < -0.39 is 18.2 Å². The highest BCUT2D eigenvalue weighted by molar-refractivity contribution is 5.75. The van der Waals surface area contributed by atoms with Gasteiger partial charge in [0, 0.05) is 17.3 Å². The Balaban J connectivity index is 3.03. The summed E-state index contributed by atoms with van der Waals surface area (Å²) in [5.41, 5.74) is 6.26. The molecule has 94 valence electrons. The predicted molar refractivity (Wildman–Crippen MR) is 60.4 cm³/mol. The topological polar surface area (TPSA) is 102 Å². The van der Waals surface area contributed by atoms with E-state index in [1.807, 2.05) is 0 Å². The molecule has 0 heterocycles. The highest BCUT2D eigenvalue weighted by atomic mass is 16.5. The average Bonchev–Trinajstić information content (AvgIpc) is 2.35. The standard InChI is InChI=1S/C11H15NO5/c1-16-8-5-6(12)3-4-7(8)9(13)10(14)11(15)17-2/h3-5,9-10,13-14H,12H2,1-2H3. The minimum atomic E-state index is -1.67. The number of ether oxygens (including phenoxy) is 2. The lowest BCUT2D eigenvalue weighted by Gasteiger charge is -2.18. The zero-order chi connectivity index (χ0) is 13.0. The zero-order valence-electron chi connectivity index (χ0n) is 9.58. The monoisotopic (exact) mass is 241 g/mol. The van der Waals surface area contributed by atoms with Gasteiger partial charge in [0.25, 0.3) is 0 Å². The van der Waals surface area contributed by atoms with Crippen LogP contribution in [0.15, 0.2) is 18.2 Å². The number of aliphatic hydroxyl groups excluding tert-OH is 2. The van der Waals surface area contributed by atoms with Crippen molar-refractivity contribution in [2.24, 2.45) is 0 Å². The Labute approximate surface area is 98.6 Å². The summed E-state index contributed by atoms with van der Waals surface area (Å²) in [6, 6.07) is 4.50. The third kappa shape index (κ3) is 2.86. The normalized spacial score (nSPS) is 13.9. The molecule has 1 aromatic rings. The first-order valence-electron chi connectivity index (χ1n) is 4.88. The highest BCUT2D eigenvalue weighted by Crippen LogP contribution is 2.29. The number of hydrogen-bond donors (Lipinski definition) is 3. The molecule has 0 spiro atoms. The number of nitrogens with two attached hydrogens (primary N) is 1. The third-order valence-corrected chi connectivity index (χ3v) is 2.32. The Hall–Kier alpha value is -1.79. The van der Waals surface area contributed by atoms with Crippen molar-refractivity contribution in [2.75, 3.05) is 20.0 Å². The summed E-state index contributed by atoms with van der Waals surface area (Å²) in [6.45, 7) is 0. The predicted octanol–water partition coefficient (Wildman–Crippen LogP) is -0.155. The van der Waals surface area contributed by atoms with Gasteiger partial charge in [0.2, 0.25) is 0 Å². The summed E-state index contributed by atoms with van der Waals surface area (Å²) in [4.78, 5) is 11.1. The van der Waals surface area contributed by atoms with Gasteiger partial charge < -0.3 is 25.4 Å². The van der Waals surface area contributed by atoms with Gasteiger partial charge in [-0.3, -0.25) is 0 Å². The minimum absolute atomic E-state index is 0.264. The van der Waals surface area contributed by atoms with Crippen LogP contribution in [0.5, 0.6) is 5.75 Å². The van der Waals surface area contributed by atoms with Crippen molar-refractivity contribution in [1.82, 2.24) is 0 Å². The van der Waals surface area contributed by atoms with E-state index in [1.54, 1.807) is 0 Å². The largest absolute Gasteiger partial charge is 0.496 e. The molecule has 0 aliphatic heterocycles. The van der Waals surface area contributed by atoms with Gasteiger partial charge in [-0.1, -0.05) is 6.07 Å². The molecule has 0 bridgehead atoms. The van der Waals surface area contributed by atoms with Gasteiger partial charge in [0.15, 0.2) is 6.10 Å². The van der Waals surface area contributed by atoms with Crippen molar-refractivity contribution in [1.29, 1.82) is 0 Å². The first-order valence-corrected chi connectivity index (χ1v) is 4.88. The number of esters is 1. The second kappa shape index (κ2) is 5.51. The van der Waals surface area contributed by atoms with Crippen LogP contribution in [0.25, 0.3) is 0 Å². The minimum Gasteiger partial charge on any atom is -0.496 e. The van der Waals surface area contributed by atoms with Crippen LogP contribution in [0, 0.1) is 0 Å². The summed E-state index contributed by atoms with van der Waals surface area (Å²) >= 11 is 0. The van der Waals surface area contributed by atoms with E-state index in [1.165, 1.54) is 25.3 Å². The molecule has 4 N–H and O–H groups in total. The van der Waals surface area contributed by atoms with Crippen molar-refractivity contribution >= 4 is 11.7 Å². The zero-order valence-corrected chi connectivity index (χ0v) is 9.58. The molecule has 0 aliphatic rings. The van der Waals surface area contributed by atoms with Gasteiger partial charge >= 0.3 is 5.97 Å². The second-order valence-electron chi connectivity index (χ2n) is 3.41. The molecule has 6 heteroatoms. The number of nitrogen functional groups attached to an aromatic ring is 1. The fourth-order valence-electron chi connectivity index (χ4n) is 1.39. The summed E-state index contributed by atoms with van der Waals surface area (Å²) in [5.74, 6) is -0.628. The lowest BCUT2D eigenvalue weighted by atomic mass is 10.0. The van der Waals surface area contributed by atoms with E-state index in [0.717, 1.165) is 7.11 Å². The van der Waals surface area contributed by atoms with Crippen LogP contribution >= 0.6 is 0 Å². The maximum Gasteiger partial charge on any atom is 0.337 e. The molecule has 0 saturated carbocycles. The van der Waals surface area contributed by atoms with E-state index in [9.17, 15) is 15.0 Å². The summed E-state index contributed by atoms with van der Waals surface area (Å²) in [7, 11) is 2.52. The first kappa shape index (κ1) is 13.3. The van der Waals surface area contributed by atoms with Crippen LogP contribution in [0.1, 0.15) is 11.7 Å². The Kier molecular flexibility index (Phi) is 4.30. The highest BCUT2D eigenvalue weighted by Gasteiger charge is 2.28. The Morgan fingerprint density at radius 2 is 2.00 bits per heavy atom. The molecule has 0 radical (unpaired) electrons. The molecule has 1 rings (SSSR count). The Morgan fingerprint density at radius 1 is 1.35 bits per heavy atom. The quantitative estimate of drug-likeness (QED) is 0.500. The molecule has 0 saturated heterocycles. The number of methoxy groups -OCH3 is 2. The van der Waals surface area contributed by atoms with Crippen molar-refractivity contribution in [2.45, 2.75) is 12.2 Å². The fourth-order valence-corrected chi connectivity index (χ4v) is 1.39. The van der Waals surface area contributed by atoms with Gasteiger partial charge in [-0.25, -0.2) is 4.79 Å². The van der Waals surface area contributed by atoms with Crippen LogP contribution < -0.4 is 10.5 Å². The SMILES string of the molecule is COC(=O)C(O)C(O)c1ccc(N)cc1OC. The van der Waals surface area contributed by atoms with E-state index in [4.69, 9.17) is 10.5 Å². The van der Waals surface area contributed by atoms with Crippen molar-refractivity contribution in [3.8, 4) is 5.75 Å². The van der Waals surface area contributed by atoms with Gasteiger partial charge in [0.1, 0.15) is 11.9 Å². The number of rotatable bonds is 4. The molecule has 6 nitrogen and oxygen atoms in total. The molecule has 2 unspecified atom stereocenters. The van der Waals surface area contributed by atoms with Gasteiger partial charge in [0.05, 0.1) is 14.2 Å². The van der Waals surface area contributed by atoms with Crippen molar-refractivity contribution in [3.63, 3.8) is 0 Å². The molecule has 0 fully saturated rings. The van der Waals surface area contributed by atoms with Crippen LogP contribution in [0.3, 0.4) is 0 Å². The van der Waals surface area contributed by atoms with Gasteiger partial charge in [-0.2, -0.15) is 0 Å². The maximum absolute atomic E-state index is 11.1. The van der Waals surface area contributed by atoms with E-state index in [-0.39, 0.29) is 5.56 Å². The maximum atomic E-state index is 11.1. The Morgan fingerprint density at radius 3 is 2.53 bits per heavy atom. The van der Waals surface area contributed by atoms with E-state index in [2.05, 4.69) is 4.74 Å². The summed E-state index contributed by atoms with van der Waals surface area (Å²) in [5, 5.41) is 19.3. The third-order valence-electron chi connectivity index (χ3n) is 2.32. The number of hydrogen-bond acceptors (Lipinski definition) is 6. The second-order valence-corrected chi connectivity index (χ2v) is 3.41. The molecule has 0 amide bonds. The first-order chi connectivity index (χ1) is 8.01. The van der Waals surface area contributed by atoms with Crippen molar-refractivity contribution in [3.05, 3.63) is 23.8 Å². The molecule has 2 atom stereocenters. The van der Waals surface area contributed by atoms with Gasteiger partial charge in [-0.05, 0) is 6.07 Å². The average molecular weight is 241 g/mol. The van der Waals surface area contributed by atoms with Crippen LogP contribution in [-0.2, 0) is 9.53 Å². The number of benzene rings is 1. The summed E-state index contributed by atoms with van der Waals surface area (Å²) < 4.78 is 9.35. The number of carbonyl (C=O) groups excluding carboxylic acids is 1. The fraction of sp³-hybridized carbons (Fsp3) is 0.364. The Bertz CT molecular complexity index is 407. The van der Waals surface area contributed by atoms with Crippen LogP contribution in [0.2, 0.25) is 0 Å². The molecular weight excluding hydrogens is 226 g/mol. The lowest BCUT2D eigenvalue weighted by Crippen LogP contribution is -2.29. The number of anilines is 1. The molecule has 0 aliphatic carbocycles. The van der Waals surface area contributed by atoms with Gasteiger partial charge in [-0.15, -0.1) is 0 Å². The summed E-state index contributed by atoms with van der Waals surface area (Å²) in [6.07, 6.45) is -3.10. The van der Waals surface area contributed by atoms with E-state index >= 15 is 0 Å². The van der Waals surface area contributed by atoms with Crippen LogP contribution in [0.4, 0.5) is 5.69 Å². The molecule has 0 aromatic heterocycles. The lowest BCUT2D eigenvalue weighted by molar-refractivity contribution is -0.156. The van der Waals surface area contributed by atoms with E-state index in [0.29, 0.717) is 11.4 Å². The number of aliphatic hydroxyl groups is 2. The van der Waals surface area contributed by atoms with Crippen molar-refractivity contribution < 1.29 is 24.5 Å². The smallest absolute Gasteiger partial charge is 0.337 e. The molecule has 1 aromatic carbocycles. The molecular formula is C11H15NO5. The molecule has 17 heavy (non-hydrogen) atoms.